The van der Waals surface area contributed by atoms with Crippen molar-refractivity contribution in [3.63, 3.8) is 0 Å². The molecule has 2 aliphatic heterocycles. The summed E-state index contributed by atoms with van der Waals surface area (Å²) in [7, 11) is -2.80. The molecule has 2 saturated heterocycles. The summed E-state index contributed by atoms with van der Waals surface area (Å²) in [5.41, 5.74) is -2.40. The maximum absolute atomic E-state index is 16.3. The molecule has 9 aromatic rings. The second-order valence-corrected chi connectivity index (χ2v) is 34.8. The fourth-order valence-electron chi connectivity index (χ4n) is 14.7. The van der Waals surface area contributed by atoms with E-state index in [9.17, 15) is 67.2 Å². The average molecular weight is 1750 g/mol. The zero-order valence-corrected chi connectivity index (χ0v) is 69.7. The fraction of sp³-hybridized carbons (Fsp3) is 0.400. The van der Waals surface area contributed by atoms with Crippen LogP contribution in [-0.2, 0) is 69.5 Å². The molecule has 41 heteroatoms. The Morgan fingerprint density at radius 2 is 0.893 bits per heavy atom. The quantitative estimate of drug-likeness (QED) is 0.0115. The largest absolute Gasteiger partial charge is 0.422 e. The zero-order valence-electron chi connectivity index (χ0n) is 67.2. The molecule has 3 aliphatic rings. The highest BCUT2D eigenvalue weighted by molar-refractivity contribution is 7.91. The number of amides is 3. The molecule has 3 atom stereocenters. The molecule has 0 bridgehead atoms. The van der Waals surface area contributed by atoms with Gasteiger partial charge >= 0.3 is 41.3 Å². The lowest BCUT2D eigenvalue weighted by molar-refractivity contribution is -0.133. The number of carbonyl (C=O) groups is 3. The number of ether oxygens (including phenoxy) is 3. The normalized spacial score (nSPS) is 16.1. The van der Waals surface area contributed by atoms with E-state index in [-0.39, 0.29) is 153 Å². The van der Waals surface area contributed by atoms with E-state index in [1.54, 1.807) is 38.4 Å². The number of alkyl halides is 3. The monoisotopic (exact) mass is 1750 g/mol. The van der Waals surface area contributed by atoms with Crippen LogP contribution >= 0.6 is 0 Å². The summed E-state index contributed by atoms with van der Waals surface area (Å²) in [5, 5.41) is 3.89. The molecule has 3 fully saturated rings. The summed E-state index contributed by atoms with van der Waals surface area (Å²) in [4.78, 5) is 95.1. The van der Waals surface area contributed by atoms with Gasteiger partial charge < -0.3 is 47.5 Å². The van der Waals surface area contributed by atoms with Gasteiger partial charge in [-0.1, -0.05) is 36.4 Å². The van der Waals surface area contributed by atoms with Crippen molar-refractivity contribution in [3.05, 3.63) is 208 Å². The van der Waals surface area contributed by atoms with E-state index < -0.39 is 114 Å². The predicted molar refractivity (Wildman–Crippen MR) is 439 cm³/mol. The van der Waals surface area contributed by atoms with Gasteiger partial charge in [-0.2, -0.15) is 38.4 Å². The summed E-state index contributed by atoms with van der Waals surface area (Å²) in [6.45, 7) is 6.48. The molecule has 12 rings (SSSR count). The van der Waals surface area contributed by atoms with E-state index in [0.717, 1.165) is 26.6 Å². The van der Waals surface area contributed by atoms with Gasteiger partial charge in [0.15, 0.2) is 17.5 Å². The van der Waals surface area contributed by atoms with Crippen molar-refractivity contribution in [1.82, 2.24) is 53.8 Å². The fourth-order valence-corrected chi connectivity index (χ4v) is 16.3. The number of nitrogens with one attached hydrogen (secondary N) is 7. The van der Waals surface area contributed by atoms with Crippen molar-refractivity contribution in [2.45, 2.75) is 83.3 Å². The third kappa shape index (κ3) is 22.3. The third-order valence-corrected chi connectivity index (χ3v) is 24.7. The molecule has 3 aromatic heterocycles. The number of carbonyl (C=O) groups excluding carboxylic acids is 3. The molecule has 1 saturated carbocycles. The van der Waals surface area contributed by atoms with Crippen molar-refractivity contribution in [2.75, 3.05) is 135 Å². The van der Waals surface area contributed by atoms with Gasteiger partial charge in [0.05, 0.1) is 23.5 Å². The second-order valence-electron chi connectivity index (χ2n) is 30.0. The number of halogens is 6. The Morgan fingerprint density at radius 1 is 0.512 bits per heavy atom. The van der Waals surface area contributed by atoms with Crippen LogP contribution in [0.2, 0.25) is 0 Å². The summed E-state index contributed by atoms with van der Waals surface area (Å²) < 4.78 is 209. The van der Waals surface area contributed by atoms with Gasteiger partial charge in [-0.05, 0) is 114 Å². The standard InChI is InChI=1S/C80H92F6N14O18S3/c1-47(99-32-28-97(29-33-99)45-62-56-22-19-52(113-77(104)94(5)6)40-69(56)117-75(102)59(62)37-49-13-10-16-65(72(49)82)92-120(109,110)88-3)24-27-95(7)78(105)114-53-20-23-57-63(60(76(103)118-70(57)42-53)38-50-14-11-17-66(73(50)83)93-121(111,112)89-4)46-98-30-34-100(35-31-98)67-39-51(67)44-96(8)79(106)115-54-18-21-55-61(43-90-26-25-80(84,85)86)58(74(101)116-68(55)41-54)36-48-12-9-15-64(71(48)81)91-119(107,108)87-2/h9-23,40-42,47,51,67,87-93H,24-39,43-46H2,1-8H3. The molecule has 6 aromatic carbocycles. The van der Waals surface area contributed by atoms with Crippen LogP contribution in [0.4, 0.5) is 57.8 Å². The van der Waals surface area contributed by atoms with Gasteiger partial charge in [0.2, 0.25) is 0 Å². The summed E-state index contributed by atoms with van der Waals surface area (Å²) >= 11 is 0. The molecule has 650 valence electrons. The predicted octanol–water partition coefficient (Wildman–Crippen LogP) is 8.59. The first-order valence-electron chi connectivity index (χ1n) is 38.5. The lowest BCUT2D eigenvalue weighted by Gasteiger charge is -2.38. The summed E-state index contributed by atoms with van der Waals surface area (Å²) in [6.07, 6.45) is -7.58. The van der Waals surface area contributed by atoms with Crippen molar-refractivity contribution >= 4 is 98.9 Å². The Labute approximate surface area is 692 Å². The molecule has 0 radical (unpaired) electrons. The van der Waals surface area contributed by atoms with Crippen LogP contribution in [0.15, 0.2) is 137 Å². The molecule has 0 spiro atoms. The molecule has 121 heavy (non-hydrogen) atoms. The first kappa shape index (κ1) is 89.5. The Balaban J connectivity index is 0.679. The van der Waals surface area contributed by atoms with Gasteiger partial charge in [-0.3, -0.25) is 33.8 Å². The number of hydrogen-bond acceptors (Lipinski definition) is 23. The molecular formula is C80H92F6N14O18S3. The van der Waals surface area contributed by atoms with Gasteiger partial charge in [0, 0.05) is 223 Å². The number of nitrogens with zero attached hydrogens (tertiary/aromatic N) is 7. The SMILES string of the molecule is CNS(=O)(=O)Nc1cccc(Cc2c(CNCCC(F)(F)F)c3ccc(OC(=O)N(C)CC4CC4N4CCN(Cc5c(Cc6cccc(NS(=O)(=O)NC)c6F)c(=O)oc6cc(OC(=O)N(C)CCC(C)N7CCN(Cc8c(Cc9cccc(NS(=O)(=O)NC)c9F)c(=O)oc9cc(OC(=O)N(C)C)ccc89)CC7)ccc56)CC4)cc3oc2=O)c1F. The lowest BCUT2D eigenvalue weighted by atomic mass is 9.97. The topological polar surface area (TPSA) is 379 Å². The Bertz CT molecular complexity index is 5950. The van der Waals surface area contributed by atoms with Crippen molar-refractivity contribution in [2.24, 2.45) is 5.92 Å². The highest BCUT2D eigenvalue weighted by Gasteiger charge is 2.44. The Kier molecular flexibility index (Phi) is 27.9. The lowest BCUT2D eigenvalue weighted by Crippen LogP contribution is -2.50. The van der Waals surface area contributed by atoms with E-state index >= 15 is 13.2 Å². The minimum absolute atomic E-state index is 0.0141. The first-order valence-corrected chi connectivity index (χ1v) is 43.0. The van der Waals surface area contributed by atoms with Gasteiger partial charge in [-0.25, -0.2) is 56.1 Å². The molecule has 1 aliphatic carbocycles. The highest BCUT2D eigenvalue weighted by Crippen LogP contribution is 2.39. The minimum atomic E-state index is -4.50. The van der Waals surface area contributed by atoms with Crippen molar-refractivity contribution in [1.29, 1.82) is 0 Å². The van der Waals surface area contributed by atoms with Crippen LogP contribution in [0.25, 0.3) is 32.9 Å². The minimum Gasteiger partial charge on any atom is -0.422 e. The first-order chi connectivity index (χ1) is 57.4. The number of piperazine rings is 2. The van der Waals surface area contributed by atoms with Crippen LogP contribution in [0, 0.1) is 23.4 Å². The maximum Gasteiger partial charge on any atom is 0.414 e. The smallest absolute Gasteiger partial charge is 0.414 e. The van der Waals surface area contributed by atoms with Crippen LogP contribution in [0.3, 0.4) is 0 Å². The van der Waals surface area contributed by atoms with Gasteiger partial charge in [0.25, 0.3) is 30.6 Å². The molecule has 32 nitrogen and oxygen atoms in total. The number of fused-ring (bicyclic) bond motifs is 3. The zero-order chi connectivity index (χ0) is 87.2. The molecule has 5 heterocycles. The highest BCUT2D eigenvalue weighted by atomic mass is 32.2. The third-order valence-electron chi connectivity index (χ3n) is 21.6. The molecular weight excluding hydrogens is 1660 g/mol. The van der Waals surface area contributed by atoms with Crippen LogP contribution < -0.4 is 64.7 Å². The maximum atomic E-state index is 16.3. The Morgan fingerprint density at radius 3 is 1.29 bits per heavy atom. The Hall–Kier alpha value is -10.7. The number of anilines is 3. The number of benzene rings is 6. The van der Waals surface area contributed by atoms with Crippen molar-refractivity contribution < 1.29 is 93.4 Å². The second kappa shape index (κ2) is 37.7. The molecule has 3 amide bonds. The van der Waals surface area contributed by atoms with E-state index in [1.165, 1.54) is 115 Å². The number of hydrogen-bond donors (Lipinski definition) is 7. The van der Waals surface area contributed by atoms with E-state index in [1.807, 2.05) is 11.6 Å². The molecule has 7 N–H and O–H groups in total. The van der Waals surface area contributed by atoms with E-state index in [4.69, 9.17) is 27.5 Å². The van der Waals surface area contributed by atoms with Gasteiger partial charge in [0.1, 0.15) is 34.0 Å². The molecule has 3 unspecified atom stereocenters. The number of rotatable bonds is 33. The van der Waals surface area contributed by atoms with Crippen LogP contribution in [0.1, 0.15) is 76.3 Å². The van der Waals surface area contributed by atoms with Crippen LogP contribution in [-0.4, -0.2) is 217 Å². The van der Waals surface area contributed by atoms with Crippen molar-refractivity contribution in [3.8, 4) is 17.2 Å². The van der Waals surface area contributed by atoms with E-state index in [0.29, 0.717) is 80.7 Å². The average Bonchev–Trinajstić information content (AvgIpc) is 1.43. The van der Waals surface area contributed by atoms with Gasteiger partial charge in [-0.15, -0.1) is 0 Å². The van der Waals surface area contributed by atoms with E-state index in [2.05, 4.69) is 48.5 Å². The summed E-state index contributed by atoms with van der Waals surface area (Å²) in [6, 6.07) is 25.5. The summed E-state index contributed by atoms with van der Waals surface area (Å²) in [5.74, 6) is -2.65. The van der Waals surface area contributed by atoms with Crippen LogP contribution in [0.5, 0.6) is 17.2 Å².